The van der Waals surface area contributed by atoms with E-state index in [0.717, 1.165) is 22.7 Å². The van der Waals surface area contributed by atoms with Crippen LogP contribution in [-0.2, 0) is 16.1 Å². The number of aryl methyl sites for hydroxylation is 1. The van der Waals surface area contributed by atoms with Gasteiger partial charge in [-0.1, -0.05) is 23.9 Å². The lowest BCUT2D eigenvalue weighted by Crippen LogP contribution is -2.49. The average molecular weight is 374 g/mol. The fourth-order valence-electron chi connectivity index (χ4n) is 3.00. The molecule has 7 nitrogen and oxygen atoms in total. The van der Waals surface area contributed by atoms with Crippen LogP contribution in [0.1, 0.15) is 20.8 Å². The number of carbonyl (C=O) groups excluding carboxylic acids is 2. The molecule has 0 radical (unpaired) electrons. The first kappa shape index (κ1) is 18.3. The number of rotatable bonds is 6. The first-order chi connectivity index (χ1) is 12.5. The van der Waals surface area contributed by atoms with Crippen molar-refractivity contribution in [3.63, 3.8) is 0 Å². The van der Waals surface area contributed by atoms with Crippen molar-refractivity contribution in [1.82, 2.24) is 20.2 Å². The molecule has 0 aliphatic carbocycles. The minimum Gasteiger partial charge on any atom is -0.463 e. The van der Waals surface area contributed by atoms with Gasteiger partial charge in [-0.25, -0.2) is 14.6 Å². The summed E-state index contributed by atoms with van der Waals surface area (Å²) in [6.45, 7) is 6.68. The average Bonchev–Trinajstić information content (AvgIpc) is 2.97. The molecule has 2 amide bonds. The van der Waals surface area contributed by atoms with Gasteiger partial charge in [-0.05, 0) is 32.9 Å². The third-order valence-corrected chi connectivity index (χ3v) is 5.15. The van der Waals surface area contributed by atoms with Gasteiger partial charge in [0.25, 0.3) is 0 Å². The van der Waals surface area contributed by atoms with Crippen LogP contribution in [0.15, 0.2) is 40.7 Å². The van der Waals surface area contributed by atoms with Crippen molar-refractivity contribution in [2.75, 3.05) is 12.4 Å². The number of carbonyl (C=O) groups is 2. The van der Waals surface area contributed by atoms with E-state index in [1.54, 1.807) is 13.8 Å². The van der Waals surface area contributed by atoms with Crippen LogP contribution < -0.4 is 10.6 Å². The van der Waals surface area contributed by atoms with Crippen molar-refractivity contribution in [2.45, 2.75) is 38.5 Å². The van der Waals surface area contributed by atoms with E-state index in [9.17, 15) is 9.59 Å². The molecule has 2 heterocycles. The minimum atomic E-state index is -0.410. The van der Waals surface area contributed by atoms with E-state index in [1.807, 2.05) is 24.3 Å². The second-order valence-electron chi connectivity index (χ2n) is 5.85. The first-order valence-electron chi connectivity index (χ1n) is 8.60. The highest BCUT2D eigenvalue weighted by Gasteiger charge is 2.29. The second kappa shape index (κ2) is 7.82. The van der Waals surface area contributed by atoms with Gasteiger partial charge in [0.15, 0.2) is 5.16 Å². The molecule has 1 aliphatic rings. The molecule has 1 atom stereocenters. The molecule has 0 bridgehead atoms. The van der Waals surface area contributed by atoms with Crippen LogP contribution in [0.3, 0.4) is 0 Å². The van der Waals surface area contributed by atoms with Gasteiger partial charge in [0.2, 0.25) is 0 Å². The molecule has 1 aromatic heterocycles. The molecule has 2 aromatic rings. The maximum Gasteiger partial charge on any atom is 0.337 e. The predicted octanol–water partition coefficient (Wildman–Crippen LogP) is 2.67. The fourth-order valence-corrected chi connectivity index (χ4v) is 4.05. The van der Waals surface area contributed by atoms with Gasteiger partial charge in [0.05, 0.1) is 29.3 Å². The zero-order valence-corrected chi connectivity index (χ0v) is 15.9. The topological polar surface area (TPSA) is 85.2 Å². The second-order valence-corrected chi connectivity index (χ2v) is 6.79. The number of hydrogen-bond acceptors (Lipinski definition) is 5. The van der Waals surface area contributed by atoms with Gasteiger partial charge in [0.1, 0.15) is 0 Å². The number of fused-ring (bicyclic) bond motifs is 1. The van der Waals surface area contributed by atoms with Crippen molar-refractivity contribution in [2.24, 2.45) is 0 Å². The van der Waals surface area contributed by atoms with Crippen molar-refractivity contribution in [3.8, 4) is 0 Å². The van der Waals surface area contributed by atoms with Crippen LogP contribution in [0.2, 0.25) is 0 Å². The Bertz CT molecular complexity index is 874. The lowest BCUT2D eigenvalue weighted by molar-refractivity contribution is -0.138. The number of aromatic nitrogens is 2. The zero-order valence-electron chi connectivity index (χ0n) is 15.0. The molecule has 1 aromatic carbocycles. The summed E-state index contributed by atoms with van der Waals surface area (Å²) in [5, 5.41) is 6.30. The van der Waals surface area contributed by atoms with Crippen LogP contribution in [0.5, 0.6) is 0 Å². The summed E-state index contributed by atoms with van der Waals surface area (Å²) in [5.41, 5.74) is 3.02. The van der Waals surface area contributed by atoms with Gasteiger partial charge in [-0.2, -0.15) is 0 Å². The van der Waals surface area contributed by atoms with Crippen molar-refractivity contribution in [3.05, 3.63) is 35.5 Å². The highest BCUT2D eigenvalue weighted by Crippen LogP contribution is 2.27. The van der Waals surface area contributed by atoms with Crippen LogP contribution >= 0.6 is 11.8 Å². The number of urea groups is 1. The Hall–Kier alpha value is -2.48. The zero-order chi connectivity index (χ0) is 18.7. The third kappa shape index (κ3) is 3.55. The van der Waals surface area contributed by atoms with Crippen LogP contribution in [0.25, 0.3) is 11.0 Å². The van der Waals surface area contributed by atoms with E-state index in [1.165, 1.54) is 11.8 Å². The Kier molecular flexibility index (Phi) is 5.51. The van der Waals surface area contributed by atoms with Gasteiger partial charge in [-0.15, -0.1) is 0 Å². The summed E-state index contributed by atoms with van der Waals surface area (Å²) in [4.78, 5) is 28.8. The number of thioether (sulfide) groups is 1. The lowest BCUT2D eigenvalue weighted by atomic mass is 10.1. The Labute approximate surface area is 156 Å². The highest BCUT2D eigenvalue weighted by atomic mass is 32.2. The molecule has 1 aliphatic heterocycles. The summed E-state index contributed by atoms with van der Waals surface area (Å²) in [5.74, 6) is 0.0157. The molecule has 0 saturated carbocycles. The molecule has 0 spiro atoms. The van der Waals surface area contributed by atoms with E-state index < -0.39 is 12.0 Å². The summed E-state index contributed by atoms with van der Waals surface area (Å²) in [6, 6.07) is 7.24. The standard InChI is InChI=1S/C18H22N4O3S/c1-4-22-14-9-7-6-8-12(14)21-18(22)26-10-13-15(16(23)25-5-2)11(3)19-17(24)20-13/h6-9,11H,4-5,10H2,1-3H3,(H2,19,20,24)/t11-/m0/s1. The number of para-hydroxylation sites is 2. The number of nitrogens with one attached hydrogen (secondary N) is 2. The Morgan fingerprint density at radius 1 is 1.35 bits per heavy atom. The summed E-state index contributed by atoms with van der Waals surface area (Å²) in [7, 11) is 0. The highest BCUT2D eigenvalue weighted by molar-refractivity contribution is 7.99. The van der Waals surface area contributed by atoms with Crippen molar-refractivity contribution in [1.29, 1.82) is 0 Å². The maximum absolute atomic E-state index is 12.3. The number of hydrogen-bond donors (Lipinski definition) is 2. The molecule has 26 heavy (non-hydrogen) atoms. The summed E-state index contributed by atoms with van der Waals surface area (Å²) >= 11 is 1.49. The quantitative estimate of drug-likeness (QED) is 0.600. The maximum atomic E-state index is 12.3. The van der Waals surface area contributed by atoms with Crippen molar-refractivity contribution >= 4 is 34.8 Å². The summed E-state index contributed by atoms with van der Waals surface area (Å²) in [6.07, 6.45) is 0. The third-order valence-electron chi connectivity index (χ3n) is 4.15. The Balaban J connectivity index is 1.89. The van der Waals surface area contributed by atoms with Gasteiger partial charge in [-0.3, -0.25) is 0 Å². The van der Waals surface area contributed by atoms with Gasteiger partial charge >= 0.3 is 12.0 Å². The van der Waals surface area contributed by atoms with Crippen LogP contribution in [0, 0.1) is 0 Å². The van der Waals surface area contributed by atoms with E-state index in [2.05, 4.69) is 27.1 Å². The number of benzene rings is 1. The molecule has 0 unspecified atom stereocenters. The molecule has 0 fully saturated rings. The normalized spacial score (nSPS) is 17.2. The number of nitrogens with zero attached hydrogens (tertiary/aromatic N) is 2. The number of imidazole rings is 1. The van der Waals surface area contributed by atoms with Gasteiger partial charge < -0.3 is 19.9 Å². The Morgan fingerprint density at radius 2 is 2.12 bits per heavy atom. The molecular formula is C18H22N4O3S. The first-order valence-corrected chi connectivity index (χ1v) is 9.59. The molecule has 2 N–H and O–H groups in total. The largest absolute Gasteiger partial charge is 0.463 e. The number of amides is 2. The molecule has 0 saturated heterocycles. The minimum absolute atomic E-state index is 0.287. The smallest absolute Gasteiger partial charge is 0.337 e. The lowest BCUT2D eigenvalue weighted by Gasteiger charge is -2.26. The predicted molar refractivity (Wildman–Crippen MR) is 101 cm³/mol. The molecule has 8 heteroatoms. The van der Waals surface area contributed by atoms with Crippen molar-refractivity contribution < 1.29 is 14.3 Å². The molecule has 138 valence electrons. The van der Waals surface area contributed by atoms with E-state index in [4.69, 9.17) is 4.74 Å². The monoisotopic (exact) mass is 374 g/mol. The molecule has 3 rings (SSSR count). The SMILES string of the molecule is CCOC(=O)C1=C(CSc2nc3ccccc3n2CC)NC(=O)N[C@H]1C. The molecular weight excluding hydrogens is 352 g/mol. The number of esters is 1. The number of ether oxygens (including phenoxy) is 1. The summed E-state index contributed by atoms with van der Waals surface area (Å²) < 4.78 is 7.27. The van der Waals surface area contributed by atoms with E-state index >= 15 is 0 Å². The van der Waals surface area contributed by atoms with Gasteiger partial charge in [0, 0.05) is 18.0 Å². The Morgan fingerprint density at radius 3 is 2.85 bits per heavy atom. The van der Waals surface area contributed by atoms with E-state index in [0.29, 0.717) is 17.0 Å². The fraction of sp³-hybridized carbons (Fsp3) is 0.389. The van der Waals surface area contributed by atoms with Crippen LogP contribution in [0.4, 0.5) is 4.79 Å². The van der Waals surface area contributed by atoms with Crippen LogP contribution in [-0.4, -0.2) is 40.0 Å². The van der Waals surface area contributed by atoms with E-state index in [-0.39, 0.29) is 12.6 Å².